The van der Waals surface area contributed by atoms with Gasteiger partial charge in [0.2, 0.25) is 5.89 Å². The number of hydrogen-bond acceptors (Lipinski definition) is 6. The Bertz CT molecular complexity index is 951. The Hall–Kier alpha value is -3.68. The molecule has 0 aliphatic heterocycles. The number of benzene rings is 2. The number of aromatic nitrogens is 2. The van der Waals surface area contributed by atoms with Gasteiger partial charge < -0.3 is 19.6 Å². The number of nitrogens with zero attached hydrogens (tertiary/aromatic N) is 2. The van der Waals surface area contributed by atoms with Gasteiger partial charge in [-0.1, -0.05) is 18.2 Å². The lowest BCUT2D eigenvalue weighted by molar-refractivity contribution is 0.0697. The Labute approximate surface area is 148 Å². The lowest BCUT2D eigenvalue weighted by Gasteiger charge is -2.04. The monoisotopic (exact) mass is 353 g/mol. The van der Waals surface area contributed by atoms with E-state index in [0.717, 1.165) is 0 Å². The largest absolute Gasteiger partial charge is 0.496 e. The number of carboxylic acids is 1. The van der Waals surface area contributed by atoms with Crippen LogP contribution in [0, 0.1) is 0 Å². The number of para-hydroxylation sites is 1. The van der Waals surface area contributed by atoms with Gasteiger partial charge in [0.05, 0.1) is 24.8 Å². The molecule has 0 spiro atoms. The van der Waals surface area contributed by atoms with Crippen LogP contribution in [0.4, 0.5) is 0 Å². The van der Waals surface area contributed by atoms with E-state index in [1.807, 2.05) is 12.1 Å². The Morgan fingerprint density at radius 2 is 1.88 bits per heavy atom. The van der Waals surface area contributed by atoms with Gasteiger partial charge in [0.25, 0.3) is 11.8 Å². The van der Waals surface area contributed by atoms with E-state index < -0.39 is 11.9 Å². The summed E-state index contributed by atoms with van der Waals surface area (Å²) in [5.74, 6) is -0.450. The van der Waals surface area contributed by atoms with Crippen LogP contribution >= 0.6 is 0 Å². The van der Waals surface area contributed by atoms with E-state index in [1.54, 1.807) is 19.2 Å². The van der Waals surface area contributed by atoms with Gasteiger partial charge in [0.15, 0.2) is 0 Å². The third-order valence-electron chi connectivity index (χ3n) is 3.58. The van der Waals surface area contributed by atoms with Crippen molar-refractivity contribution in [2.24, 2.45) is 0 Å². The van der Waals surface area contributed by atoms with Crippen LogP contribution in [-0.4, -0.2) is 34.3 Å². The fraction of sp³-hybridized carbons (Fsp3) is 0.111. The van der Waals surface area contributed by atoms with Crippen LogP contribution < -0.4 is 10.1 Å². The number of hydrogen-bond donors (Lipinski definition) is 2. The highest BCUT2D eigenvalue weighted by atomic mass is 16.5. The van der Waals surface area contributed by atoms with Gasteiger partial charge in [-0.15, -0.1) is 10.2 Å². The molecule has 26 heavy (non-hydrogen) atoms. The molecule has 0 unspecified atom stereocenters. The number of carbonyl (C=O) groups excluding carboxylic acids is 1. The molecule has 1 heterocycles. The molecule has 0 atom stereocenters. The maximum Gasteiger partial charge on any atom is 0.335 e. The number of nitrogens with one attached hydrogen (secondary N) is 1. The van der Waals surface area contributed by atoms with E-state index in [-0.39, 0.29) is 29.5 Å². The van der Waals surface area contributed by atoms with Gasteiger partial charge in [0.1, 0.15) is 5.75 Å². The van der Waals surface area contributed by atoms with Gasteiger partial charge in [-0.25, -0.2) is 4.79 Å². The summed E-state index contributed by atoms with van der Waals surface area (Å²) in [6.45, 7) is 0.0122. The highest BCUT2D eigenvalue weighted by molar-refractivity contribution is 5.97. The Balaban J connectivity index is 1.69. The lowest BCUT2D eigenvalue weighted by Crippen LogP contribution is -2.23. The number of carboxylic acid groups (broad SMARTS) is 1. The van der Waals surface area contributed by atoms with Crippen molar-refractivity contribution in [3.8, 4) is 17.2 Å². The molecule has 3 rings (SSSR count). The number of rotatable bonds is 6. The van der Waals surface area contributed by atoms with Crippen LogP contribution in [0.3, 0.4) is 0 Å². The van der Waals surface area contributed by atoms with E-state index >= 15 is 0 Å². The minimum atomic E-state index is -1.10. The van der Waals surface area contributed by atoms with Gasteiger partial charge in [-0.3, -0.25) is 4.79 Å². The highest BCUT2D eigenvalue weighted by Crippen LogP contribution is 2.28. The summed E-state index contributed by atoms with van der Waals surface area (Å²) in [4.78, 5) is 23.1. The summed E-state index contributed by atoms with van der Waals surface area (Å²) >= 11 is 0. The minimum Gasteiger partial charge on any atom is -0.496 e. The van der Waals surface area contributed by atoms with Crippen LogP contribution in [0.2, 0.25) is 0 Å². The summed E-state index contributed by atoms with van der Waals surface area (Å²) in [6, 6.07) is 12.9. The van der Waals surface area contributed by atoms with E-state index in [2.05, 4.69) is 15.5 Å². The van der Waals surface area contributed by atoms with Crippen molar-refractivity contribution in [3.63, 3.8) is 0 Å². The molecule has 1 aromatic heterocycles. The SMILES string of the molecule is COc1ccccc1-c1nnc(CNC(=O)c2cccc(C(=O)O)c2)o1. The number of ether oxygens (including phenoxy) is 1. The van der Waals surface area contributed by atoms with Gasteiger partial charge in [-0.05, 0) is 30.3 Å². The molecule has 0 saturated heterocycles. The molecule has 2 aromatic carbocycles. The first-order chi connectivity index (χ1) is 12.6. The number of carbonyl (C=O) groups is 2. The molecule has 8 nitrogen and oxygen atoms in total. The first-order valence-electron chi connectivity index (χ1n) is 7.66. The zero-order valence-electron chi connectivity index (χ0n) is 13.8. The van der Waals surface area contributed by atoms with Crippen LogP contribution in [-0.2, 0) is 6.54 Å². The average Bonchev–Trinajstić information content (AvgIpc) is 3.15. The summed E-state index contributed by atoms with van der Waals surface area (Å²) in [5.41, 5.74) is 0.914. The molecular weight excluding hydrogens is 338 g/mol. The molecule has 0 bridgehead atoms. The van der Waals surface area contributed by atoms with Gasteiger partial charge in [-0.2, -0.15) is 0 Å². The molecule has 0 fully saturated rings. The zero-order chi connectivity index (χ0) is 18.5. The normalized spacial score (nSPS) is 10.3. The van der Waals surface area contributed by atoms with Crippen molar-refractivity contribution >= 4 is 11.9 Å². The Morgan fingerprint density at radius 3 is 2.65 bits per heavy atom. The van der Waals surface area contributed by atoms with Crippen molar-refractivity contribution in [2.45, 2.75) is 6.54 Å². The third kappa shape index (κ3) is 3.69. The Kier molecular flexibility index (Phi) is 4.93. The molecule has 8 heteroatoms. The van der Waals surface area contributed by atoms with Crippen molar-refractivity contribution < 1.29 is 23.8 Å². The summed E-state index contributed by atoms with van der Waals surface area (Å²) < 4.78 is 10.8. The second kappa shape index (κ2) is 7.47. The quantitative estimate of drug-likeness (QED) is 0.699. The predicted octanol–water partition coefficient (Wildman–Crippen LogP) is 2.37. The summed E-state index contributed by atoms with van der Waals surface area (Å²) in [5, 5.41) is 19.4. The fourth-order valence-electron chi connectivity index (χ4n) is 2.31. The molecule has 0 saturated carbocycles. The van der Waals surface area contributed by atoms with Crippen molar-refractivity contribution in [3.05, 3.63) is 65.5 Å². The fourth-order valence-corrected chi connectivity index (χ4v) is 2.31. The zero-order valence-corrected chi connectivity index (χ0v) is 13.8. The van der Waals surface area contributed by atoms with Crippen LogP contribution in [0.15, 0.2) is 52.9 Å². The minimum absolute atomic E-state index is 0.0122. The first-order valence-corrected chi connectivity index (χ1v) is 7.66. The smallest absolute Gasteiger partial charge is 0.335 e. The standard InChI is InChI=1S/C18H15N3O5/c1-25-14-8-3-2-7-13(14)17-21-20-15(26-17)10-19-16(22)11-5-4-6-12(9-11)18(23)24/h2-9H,10H2,1H3,(H,19,22)(H,23,24). The van der Waals surface area contributed by atoms with Crippen LogP contribution in [0.25, 0.3) is 11.5 Å². The molecule has 0 radical (unpaired) electrons. The third-order valence-corrected chi connectivity index (χ3v) is 3.58. The second-order valence-corrected chi connectivity index (χ2v) is 5.27. The summed E-state index contributed by atoms with van der Waals surface area (Å²) in [6.07, 6.45) is 0. The Morgan fingerprint density at radius 1 is 1.12 bits per heavy atom. The molecule has 0 aliphatic carbocycles. The lowest BCUT2D eigenvalue weighted by atomic mass is 10.1. The van der Waals surface area contributed by atoms with E-state index in [9.17, 15) is 9.59 Å². The van der Waals surface area contributed by atoms with Crippen molar-refractivity contribution in [1.29, 1.82) is 0 Å². The number of amides is 1. The molecule has 2 N–H and O–H groups in total. The highest BCUT2D eigenvalue weighted by Gasteiger charge is 2.14. The summed E-state index contributed by atoms with van der Waals surface area (Å²) in [7, 11) is 1.54. The maximum absolute atomic E-state index is 12.2. The van der Waals surface area contributed by atoms with Crippen molar-refractivity contribution in [1.82, 2.24) is 15.5 Å². The van der Waals surface area contributed by atoms with Crippen LogP contribution in [0.1, 0.15) is 26.6 Å². The van der Waals surface area contributed by atoms with E-state index in [1.165, 1.54) is 24.3 Å². The van der Waals surface area contributed by atoms with E-state index in [4.69, 9.17) is 14.3 Å². The second-order valence-electron chi connectivity index (χ2n) is 5.27. The molecule has 0 aliphatic rings. The molecule has 3 aromatic rings. The van der Waals surface area contributed by atoms with Gasteiger partial charge in [0, 0.05) is 5.56 Å². The van der Waals surface area contributed by atoms with Crippen LogP contribution in [0.5, 0.6) is 5.75 Å². The van der Waals surface area contributed by atoms with Crippen molar-refractivity contribution in [2.75, 3.05) is 7.11 Å². The predicted molar refractivity (Wildman–Crippen MR) is 90.9 cm³/mol. The molecule has 132 valence electrons. The topological polar surface area (TPSA) is 115 Å². The average molecular weight is 353 g/mol. The maximum atomic E-state index is 12.2. The van der Waals surface area contributed by atoms with Gasteiger partial charge >= 0.3 is 5.97 Å². The number of aromatic carboxylic acids is 1. The number of methoxy groups -OCH3 is 1. The first kappa shape index (κ1) is 17.2. The molecule has 1 amide bonds. The van der Waals surface area contributed by atoms with E-state index in [0.29, 0.717) is 11.3 Å². The molecular formula is C18H15N3O5.